The van der Waals surface area contributed by atoms with E-state index in [1.165, 1.54) is 43.3 Å². The molecule has 4 aliphatic rings. The van der Waals surface area contributed by atoms with Crippen LogP contribution in [0.2, 0.25) is 0 Å². The molecule has 2 aromatic heterocycles. The van der Waals surface area contributed by atoms with Gasteiger partial charge in [0.25, 0.3) is 0 Å². The molecule has 2 saturated carbocycles. The molecule has 0 spiro atoms. The van der Waals surface area contributed by atoms with E-state index >= 15 is 0 Å². The predicted molar refractivity (Wildman–Crippen MR) is 268 cm³/mol. The first-order valence-electron chi connectivity index (χ1n) is 24.3. The first kappa shape index (κ1) is 59.0. The van der Waals surface area contributed by atoms with Crippen molar-refractivity contribution < 1.29 is 60.3 Å². The smallest absolute Gasteiger partial charge is 0.460 e. The second-order valence-electron chi connectivity index (χ2n) is 18.4. The number of likely N-dealkylation sites (tertiary alicyclic amines) is 2. The van der Waals surface area contributed by atoms with Gasteiger partial charge in [-0.25, -0.2) is 9.97 Å². The number of hydrogen-bond donors (Lipinski definition) is 5. The molecule has 5 N–H and O–H groups in total. The number of para-hydroxylation sites is 2. The lowest BCUT2D eigenvalue weighted by Crippen LogP contribution is -2.57. The minimum Gasteiger partial charge on any atom is -0.460 e. The van der Waals surface area contributed by atoms with Crippen molar-refractivity contribution in [1.82, 2.24) is 29.7 Å². The van der Waals surface area contributed by atoms with Gasteiger partial charge in [-0.1, -0.05) is 36.4 Å². The van der Waals surface area contributed by atoms with Crippen molar-refractivity contribution in [1.29, 1.82) is 0 Å². The first-order valence-corrected chi connectivity index (χ1v) is 25.3. The van der Waals surface area contributed by atoms with Crippen molar-refractivity contribution in [2.45, 2.75) is 108 Å². The van der Waals surface area contributed by atoms with Crippen molar-refractivity contribution in [2.75, 3.05) is 65.9 Å². The number of anilines is 4. The van der Waals surface area contributed by atoms with E-state index in [9.17, 15) is 56.5 Å². The van der Waals surface area contributed by atoms with E-state index in [4.69, 9.17) is 27.9 Å². The number of nitro groups is 2. The largest absolute Gasteiger partial charge is 0.573 e. The number of carbonyl (C=O) groups excluding carboxylic acids is 1. The van der Waals surface area contributed by atoms with Gasteiger partial charge in [0.2, 0.25) is 23.5 Å². The Hall–Kier alpha value is -6.29. The highest BCUT2D eigenvalue weighted by molar-refractivity contribution is 6.40. The molecule has 21 nitrogen and oxygen atoms in total. The molecule has 76 heavy (non-hydrogen) atoms. The molecule has 29 heteroatoms. The number of alkyl halides is 8. The molecule has 2 aliphatic carbocycles. The van der Waals surface area contributed by atoms with Crippen molar-refractivity contribution in [3.05, 3.63) is 92.3 Å². The number of halogens is 8. The van der Waals surface area contributed by atoms with Gasteiger partial charge >= 0.3 is 30.1 Å². The Kier molecular flexibility index (Phi) is 21.5. The van der Waals surface area contributed by atoms with E-state index in [1.54, 1.807) is 12.1 Å². The highest BCUT2D eigenvalue weighted by atomic mass is 35.5. The summed E-state index contributed by atoms with van der Waals surface area (Å²) in [5, 5.41) is 44.4. The number of ether oxygens (including phenoxy) is 3. The molecule has 0 radical (unpaired) electrons. The van der Waals surface area contributed by atoms with Gasteiger partial charge in [-0.15, -0.1) is 49.5 Å². The summed E-state index contributed by atoms with van der Waals surface area (Å²) in [7, 11) is 0. The molecular weight excluding hydrogens is 1060 g/mol. The van der Waals surface area contributed by atoms with Crippen molar-refractivity contribution in [2.24, 2.45) is 11.8 Å². The number of β-amino-alcohol motifs (C(OH)–C–C–N with tert-alkyl or cyclic N) is 1. The molecule has 2 saturated heterocycles. The van der Waals surface area contributed by atoms with E-state index in [-0.39, 0.29) is 94.1 Å². The SMILES string of the molecule is CC(=O)OC1CN(C2CCC(CNc3nc(NCc4ccccc4OC(F)(F)F)ncc3[N+](=O)[O-])CC2)C1.ClCCl.O=[N+]([O-])c1cnc(NCc2ccccc2OC(F)(F)F)nc1NCC1CCC(N2CC(O)C2)CC1. The van der Waals surface area contributed by atoms with E-state index in [1.807, 2.05) is 0 Å². The minimum atomic E-state index is -4.84. The van der Waals surface area contributed by atoms with Crippen LogP contribution in [-0.2, 0) is 22.6 Å². The number of nitrogens with zero attached hydrogens (tertiary/aromatic N) is 8. The van der Waals surface area contributed by atoms with Crippen molar-refractivity contribution >= 4 is 64.1 Å². The summed E-state index contributed by atoms with van der Waals surface area (Å²) in [4.78, 5) is 53.7. The van der Waals surface area contributed by atoms with E-state index in [0.717, 1.165) is 89.9 Å². The van der Waals surface area contributed by atoms with Gasteiger partial charge in [0.1, 0.15) is 30.0 Å². The number of nitrogens with one attached hydrogen (secondary N) is 4. The number of hydrogen-bond acceptors (Lipinski definition) is 19. The van der Waals surface area contributed by atoms with Gasteiger partial charge < -0.3 is 40.6 Å². The van der Waals surface area contributed by atoms with Crippen LogP contribution in [0.5, 0.6) is 11.5 Å². The Balaban J connectivity index is 0.000000235. The van der Waals surface area contributed by atoms with Crippen LogP contribution >= 0.6 is 23.2 Å². The third-order valence-electron chi connectivity index (χ3n) is 13.1. The molecule has 4 heterocycles. The van der Waals surface area contributed by atoms with E-state index in [2.05, 4.69) is 60.5 Å². The quantitative estimate of drug-likeness (QED) is 0.0193. The Morgan fingerprint density at radius 2 is 1.05 bits per heavy atom. The third-order valence-corrected chi connectivity index (χ3v) is 13.1. The fraction of sp³-hybridized carbons (Fsp3) is 0.553. The van der Waals surface area contributed by atoms with Gasteiger partial charge in [-0.05, 0) is 75.3 Å². The fourth-order valence-corrected chi connectivity index (χ4v) is 9.32. The number of esters is 1. The molecule has 2 aromatic carbocycles. The molecule has 416 valence electrons. The molecule has 0 amide bonds. The van der Waals surface area contributed by atoms with Crippen LogP contribution < -0.4 is 30.7 Å². The second kappa shape index (κ2) is 27.7. The minimum absolute atomic E-state index is 0.0290. The monoisotopic (exact) mass is 1120 g/mol. The van der Waals surface area contributed by atoms with Gasteiger partial charge in [0.05, 0.1) is 21.3 Å². The standard InChI is InChI=1S/C24H29F3N6O5.C22H27F3N6O4.CH2Cl2/c1-15(34)37-19-13-32(14-19)18-8-6-16(7-9-18)10-28-22-20(33(35)36)12-30-23(31-22)29-11-17-4-2-3-5-21(17)38-24(25,26)27;23-22(24,25)35-19-4-2-1-3-15(19)10-27-21-28-11-18(31(33)34)20(29-21)26-9-14-5-7-16(8-6-14)30-12-17(32)13-30;2-1-3/h2-5,12,16,18-19H,6-11,13-14H2,1H3,(H2,28,29,30,31);1-4,11,14,16-17,32H,5-10,12-13H2,(H2,26,27,28,29);1H2. The maximum Gasteiger partial charge on any atom is 0.573 e. The summed E-state index contributed by atoms with van der Waals surface area (Å²) in [6, 6.07) is 12.2. The fourth-order valence-electron chi connectivity index (χ4n) is 9.32. The predicted octanol–water partition coefficient (Wildman–Crippen LogP) is 9.08. The first-order chi connectivity index (χ1) is 36.2. The number of aliphatic hydroxyl groups excluding tert-OH is 1. The van der Waals surface area contributed by atoms with Crippen LogP contribution in [0.25, 0.3) is 0 Å². The average molecular weight is 1120 g/mol. The number of aliphatic hydroxyl groups is 1. The molecular formula is C47H58Cl2F6N12O9. The number of benzene rings is 2. The Bertz CT molecular complexity index is 2530. The maximum absolute atomic E-state index is 12.7. The summed E-state index contributed by atoms with van der Waals surface area (Å²) < 4.78 is 89.3. The van der Waals surface area contributed by atoms with Gasteiger partial charge in [0.15, 0.2) is 0 Å². The van der Waals surface area contributed by atoms with Crippen LogP contribution in [0.3, 0.4) is 0 Å². The van der Waals surface area contributed by atoms with Crippen LogP contribution in [-0.4, -0.2) is 132 Å². The van der Waals surface area contributed by atoms with Crippen LogP contribution in [0.1, 0.15) is 69.4 Å². The molecule has 8 rings (SSSR count). The normalized spacial score (nSPS) is 20.2. The van der Waals surface area contributed by atoms with Crippen LogP contribution in [0, 0.1) is 32.1 Å². The van der Waals surface area contributed by atoms with E-state index < -0.39 is 22.6 Å². The molecule has 4 aromatic rings. The molecule has 0 unspecified atom stereocenters. The molecule has 0 atom stereocenters. The zero-order chi connectivity index (χ0) is 55.0. The Morgan fingerprint density at radius 1 is 0.671 bits per heavy atom. The lowest BCUT2D eigenvalue weighted by molar-refractivity contribution is -0.384. The highest BCUT2D eigenvalue weighted by Gasteiger charge is 2.37. The van der Waals surface area contributed by atoms with Gasteiger partial charge in [0, 0.05) is 82.5 Å². The van der Waals surface area contributed by atoms with Crippen LogP contribution in [0.15, 0.2) is 60.9 Å². The second-order valence-corrected chi connectivity index (χ2v) is 19.2. The van der Waals surface area contributed by atoms with Crippen LogP contribution in [0.4, 0.5) is 61.2 Å². The molecule has 4 fully saturated rings. The van der Waals surface area contributed by atoms with Crippen molar-refractivity contribution in [3.8, 4) is 11.5 Å². The summed E-state index contributed by atoms with van der Waals surface area (Å²) in [6.07, 6.45) is 0.0121. The highest BCUT2D eigenvalue weighted by Crippen LogP contribution is 2.34. The zero-order valence-electron chi connectivity index (χ0n) is 41.1. The molecule has 2 aliphatic heterocycles. The summed E-state index contributed by atoms with van der Waals surface area (Å²) >= 11 is 9.53. The Morgan fingerprint density at radius 3 is 1.41 bits per heavy atom. The third kappa shape index (κ3) is 18.5. The lowest BCUT2D eigenvalue weighted by atomic mass is 9.84. The average Bonchev–Trinajstić information content (AvgIpc) is 3.34. The van der Waals surface area contributed by atoms with Gasteiger partial charge in [-0.3, -0.25) is 34.8 Å². The summed E-state index contributed by atoms with van der Waals surface area (Å²) in [6.45, 7) is 5.21. The molecule has 0 bridgehead atoms. The Labute approximate surface area is 442 Å². The number of rotatable bonds is 19. The zero-order valence-corrected chi connectivity index (χ0v) is 42.6. The lowest BCUT2D eigenvalue weighted by Gasteiger charge is -2.45. The number of carbonyl (C=O) groups is 1. The number of aromatic nitrogens is 4. The van der Waals surface area contributed by atoms with E-state index in [0.29, 0.717) is 37.0 Å². The van der Waals surface area contributed by atoms with Crippen molar-refractivity contribution in [3.63, 3.8) is 0 Å². The van der Waals surface area contributed by atoms with Gasteiger partial charge in [-0.2, -0.15) is 9.97 Å². The maximum atomic E-state index is 12.7. The summed E-state index contributed by atoms with van der Waals surface area (Å²) in [5.41, 5.74) is -0.117. The summed E-state index contributed by atoms with van der Waals surface area (Å²) in [5.74, 6) is -0.170. The topological polar surface area (TPSA) is 257 Å².